The zero-order valence-electron chi connectivity index (χ0n) is 19.4. The van der Waals surface area contributed by atoms with Gasteiger partial charge in [0.25, 0.3) is 0 Å². The number of amides is 2. The molecule has 0 spiro atoms. The Morgan fingerprint density at radius 3 is 2.16 bits per heavy atom. The Hall–Kier alpha value is -2.14. The zero-order valence-corrected chi connectivity index (χ0v) is 21.0. The van der Waals surface area contributed by atoms with Gasteiger partial charge in [0.05, 0.1) is 0 Å². The first kappa shape index (κ1) is 24.5. The number of halogens is 1. The Balaban J connectivity index is 1.68. The van der Waals surface area contributed by atoms with E-state index in [0.29, 0.717) is 25.3 Å². The van der Waals surface area contributed by atoms with E-state index >= 15 is 0 Å². The van der Waals surface area contributed by atoms with Gasteiger partial charge in [0, 0.05) is 23.5 Å². The molecule has 2 amide bonds. The maximum atomic E-state index is 13.3. The maximum Gasteiger partial charge on any atom is 0.242 e. The van der Waals surface area contributed by atoms with Gasteiger partial charge < -0.3 is 10.2 Å². The summed E-state index contributed by atoms with van der Waals surface area (Å²) in [5.74, 6) is 0.449. The summed E-state index contributed by atoms with van der Waals surface area (Å²) in [5.41, 5.74) is 3.46. The molecule has 2 aromatic carbocycles. The van der Waals surface area contributed by atoms with E-state index in [2.05, 4.69) is 59.4 Å². The number of rotatable bonds is 9. The molecule has 0 saturated heterocycles. The molecular formula is C27H35BrN2O2. The highest BCUT2D eigenvalue weighted by molar-refractivity contribution is 9.10. The largest absolute Gasteiger partial charge is 0.352 e. The lowest BCUT2D eigenvalue weighted by atomic mass is 10.00. The van der Waals surface area contributed by atoms with Crippen LogP contribution in [-0.2, 0) is 22.6 Å². The average Bonchev–Trinajstić information content (AvgIpc) is 3.30. The Kier molecular flexibility index (Phi) is 8.92. The van der Waals surface area contributed by atoms with Crippen molar-refractivity contribution in [1.82, 2.24) is 10.2 Å². The van der Waals surface area contributed by atoms with Crippen molar-refractivity contribution in [2.75, 3.05) is 0 Å². The molecule has 4 nitrogen and oxygen atoms in total. The summed E-state index contributed by atoms with van der Waals surface area (Å²) >= 11 is 3.46. The van der Waals surface area contributed by atoms with Crippen molar-refractivity contribution in [3.05, 3.63) is 69.7 Å². The molecule has 0 heterocycles. The van der Waals surface area contributed by atoms with E-state index in [4.69, 9.17) is 0 Å². The molecule has 0 radical (unpaired) electrons. The van der Waals surface area contributed by atoms with E-state index in [1.165, 1.54) is 5.56 Å². The van der Waals surface area contributed by atoms with Crippen LogP contribution in [0.5, 0.6) is 0 Å². The lowest BCUT2D eigenvalue weighted by Crippen LogP contribution is -2.49. The second kappa shape index (κ2) is 11.6. The number of nitrogens with one attached hydrogen (secondary N) is 1. The molecular weight excluding hydrogens is 464 g/mol. The lowest BCUT2D eigenvalue weighted by Gasteiger charge is -2.30. The molecule has 1 fully saturated rings. The summed E-state index contributed by atoms with van der Waals surface area (Å²) in [6.45, 7) is 6.63. The summed E-state index contributed by atoms with van der Waals surface area (Å²) in [4.78, 5) is 28.0. The van der Waals surface area contributed by atoms with Gasteiger partial charge in [-0.15, -0.1) is 0 Å². The topological polar surface area (TPSA) is 49.4 Å². The van der Waals surface area contributed by atoms with Crippen LogP contribution in [0.1, 0.15) is 75.5 Å². The van der Waals surface area contributed by atoms with Crippen LogP contribution in [0.3, 0.4) is 0 Å². The SMILES string of the molecule is CC(C)c1ccc(CCC(=O)N(Cc2ccc(Br)cc2)C(C)C(=O)NC2CCCC2)cc1. The summed E-state index contributed by atoms with van der Waals surface area (Å²) < 4.78 is 0.996. The number of carbonyl (C=O) groups excluding carboxylic acids is 2. The van der Waals surface area contributed by atoms with Crippen LogP contribution < -0.4 is 5.32 Å². The highest BCUT2D eigenvalue weighted by Crippen LogP contribution is 2.20. The van der Waals surface area contributed by atoms with E-state index < -0.39 is 6.04 Å². The van der Waals surface area contributed by atoms with Gasteiger partial charge in [0.15, 0.2) is 0 Å². The zero-order chi connectivity index (χ0) is 23.1. The van der Waals surface area contributed by atoms with Gasteiger partial charge in [0.1, 0.15) is 6.04 Å². The monoisotopic (exact) mass is 498 g/mol. The van der Waals surface area contributed by atoms with Crippen LogP contribution in [0, 0.1) is 0 Å². The second-order valence-electron chi connectivity index (χ2n) is 9.21. The van der Waals surface area contributed by atoms with E-state index in [9.17, 15) is 9.59 Å². The summed E-state index contributed by atoms with van der Waals surface area (Å²) in [6.07, 6.45) is 5.45. The van der Waals surface area contributed by atoms with Gasteiger partial charge in [-0.2, -0.15) is 0 Å². The Bertz CT molecular complexity index is 887. The molecule has 2 aromatic rings. The van der Waals surface area contributed by atoms with Crippen LogP contribution in [0.15, 0.2) is 53.0 Å². The molecule has 0 aliphatic heterocycles. The van der Waals surface area contributed by atoms with Crippen molar-refractivity contribution >= 4 is 27.7 Å². The first-order valence-electron chi connectivity index (χ1n) is 11.8. The highest BCUT2D eigenvalue weighted by atomic mass is 79.9. The van der Waals surface area contributed by atoms with Crippen LogP contribution in [0.4, 0.5) is 0 Å². The van der Waals surface area contributed by atoms with E-state index in [1.807, 2.05) is 31.2 Å². The van der Waals surface area contributed by atoms with Crippen LogP contribution in [-0.4, -0.2) is 28.8 Å². The molecule has 1 saturated carbocycles. The molecule has 1 N–H and O–H groups in total. The fourth-order valence-electron chi connectivity index (χ4n) is 4.23. The molecule has 0 bridgehead atoms. The minimum atomic E-state index is -0.505. The third-order valence-corrected chi connectivity index (χ3v) is 6.94. The maximum absolute atomic E-state index is 13.3. The molecule has 1 atom stereocenters. The number of nitrogens with zero attached hydrogens (tertiary/aromatic N) is 1. The number of carbonyl (C=O) groups is 2. The van der Waals surface area contributed by atoms with Gasteiger partial charge >= 0.3 is 0 Å². The Morgan fingerprint density at radius 2 is 1.56 bits per heavy atom. The van der Waals surface area contributed by atoms with Gasteiger partial charge in [-0.3, -0.25) is 9.59 Å². The van der Waals surface area contributed by atoms with E-state index in [1.54, 1.807) is 4.90 Å². The third kappa shape index (κ3) is 6.93. The lowest BCUT2D eigenvalue weighted by molar-refractivity contribution is -0.140. The second-order valence-corrected chi connectivity index (χ2v) is 10.1. The van der Waals surface area contributed by atoms with Gasteiger partial charge in [-0.05, 0) is 60.9 Å². The molecule has 5 heteroatoms. The van der Waals surface area contributed by atoms with Crippen molar-refractivity contribution in [3.8, 4) is 0 Å². The van der Waals surface area contributed by atoms with Crippen molar-refractivity contribution in [2.24, 2.45) is 0 Å². The number of hydrogen-bond acceptors (Lipinski definition) is 2. The van der Waals surface area contributed by atoms with Crippen LogP contribution in [0.2, 0.25) is 0 Å². The van der Waals surface area contributed by atoms with E-state index in [0.717, 1.165) is 41.3 Å². The fraction of sp³-hybridized carbons (Fsp3) is 0.481. The molecule has 1 aliphatic carbocycles. The quantitative estimate of drug-likeness (QED) is 0.462. The van der Waals surface area contributed by atoms with Gasteiger partial charge in [-0.25, -0.2) is 0 Å². The van der Waals surface area contributed by atoms with Crippen molar-refractivity contribution in [1.29, 1.82) is 0 Å². The molecule has 172 valence electrons. The highest BCUT2D eigenvalue weighted by Gasteiger charge is 2.28. The molecule has 3 rings (SSSR count). The Morgan fingerprint density at radius 1 is 0.969 bits per heavy atom. The normalized spacial score (nSPS) is 15.0. The molecule has 1 unspecified atom stereocenters. The molecule has 1 aliphatic rings. The van der Waals surface area contributed by atoms with Crippen LogP contribution in [0.25, 0.3) is 0 Å². The standard InChI is InChI=1S/C27H35BrN2O2/c1-19(2)23-13-8-21(9-14-23)12-17-26(31)30(18-22-10-15-24(28)16-11-22)20(3)27(32)29-25-6-4-5-7-25/h8-11,13-16,19-20,25H,4-7,12,17-18H2,1-3H3,(H,29,32). The summed E-state index contributed by atoms with van der Waals surface area (Å²) in [7, 11) is 0. The van der Waals surface area contributed by atoms with Crippen molar-refractivity contribution in [2.45, 2.75) is 83.8 Å². The van der Waals surface area contributed by atoms with E-state index in [-0.39, 0.29) is 17.9 Å². The third-order valence-electron chi connectivity index (χ3n) is 6.41. The molecule has 0 aromatic heterocycles. The summed E-state index contributed by atoms with van der Waals surface area (Å²) in [6, 6.07) is 16.2. The van der Waals surface area contributed by atoms with Gasteiger partial charge in [0.2, 0.25) is 11.8 Å². The molecule has 32 heavy (non-hydrogen) atoms. The van der Waals surface area contributed by atoms with Gasteiger partial charge in [-0.1, -0.05) is 79.0 Å². The van der Waals surface area contributed by atoms with Crippen molar-refractivity contribution in [3.63, 3.8) is 0 Å². The predicted molar refractivity (Wildman–Crippen MR) is 133 cm³/mol. The Labute approximate surface area is 200 Å². The predicted octanol–water partition coefficient (Wildman–Crippen LogP) is 5.98. The van der Waals surface area contributed by atoms with Crippen molar-refractivity contribution < 1.29 is 9.59 Å². The minimum absolute atomic E-state index is 0.00919. The number of hydrogen-bond donors (Lipinski definition) is 1. The fourth-order valence-corrected chi connectivity index (χ4v) is 4.49. The first-order valence-corrected chi connectivity index (χ1v) is 12.6. The smallest absolute Gasteiger partial charge is 0.242 e. The number of aryl methyl sites for hydroxylation is 1. The number of benzene rings is 2. The average molecular weight is 499 g/mol. The summed E-state index contributed by atoms with van der Waals surface area (Å²) in [5, 5.41) is 3.16. The first-order chi connectivity index (χ1) is 15.3. The van der Waals surface area contributed by atoms with Crippen LogP contribution >= 0.6 is 15.9 Å². The minimum Gasteiger partial charge on any atom is -0.352 e.